The number of para-hydroxylation sites is 2. The van der Waals surface area contributed by atoms with Crippen molar-refractivity contribution < 1.29 is 28.5 Å². The Bertz CT molecular complexity index is 1910. The molecular weight excluding hydrogens is 630 g/mol. The van der Waals surface area contributed by atoms with Gasteiger partial charge in [0.05, 0.1) is 30.3 Å². The number of aromatic nitrogens is 4. The number of piperidine rings is 1. The number of carbonyl (C=O) groups is 1. The summed E-state index contributed by atoms with van der Waals surface area (Å²) in [4.78, 5) is 28.3. The Hall–Kier alpha value is -5.76. The number of nitro benzene ring substituents is 1. The van der Waals surface area contributed by atoms with Crippen LogP contribution >= 0.6 is 0 Å². The first-order valence-electron chi connectivity index (χ1n) is 16.1. The van der Waals surface area contributed by atoms with Gasteiger partial charge >= 0.3 is 5.69 Å². The van der Waals surface area contributed by atoms with Crippen molar-refractivity contribution in [3.63, 3.8) is 0 Å². The van der Waals surface area contributed by atoms with Gasteiger partial charge in [0.2, 0.25) is 0 Å². The number of rotatable bonds is 11. The Labute approximate surface area is 281 Å². The average molecular weight is 666 g/mol. The summed E-state index contributed by atoms with van der Waals surface area (Å²) in [6.45, 7) is 3.70. The summed E-state index contributed by atoms with van der Waals surface area (Å²) in [6, 6.07) is 23.7. The molecule has 14 nitrogen and oxygen atoms in total. The van der Waals surface area contributed by atoms with Gasteiger partial charge in [0, 0.05) is 30.8 Å². The molecule has 0 aliphatic carbocycles. The fourth-order valence-corrected chi connectivity index (χ4v) is 6.08. The standard InChI is InChI=1S/C35H35N7O7/c43-35(40-15-16-46-33-13-12-29(17-26(33)19-40)47-23-25-7-2-1-3-8-25)31-18-30(49-37-31)22-39-14-6-9-28(21-39)41-20-27(36-38-41)24-48-34-11-5-4-10-32(34)42(44)45/h1-5,7-8,10-13,17-18,20,28H,6,9,14-16,19,21-24H2. The van der Waals surface area contributed by atoms with Gasteiger partial charge in [0.1, 0.15) is 37.0 Å². The van der Waals surface area contributed by atoms with Crippen LogP contribution < -0.4 is 14.2 Å². The molecule has 4 heterocycles. The van der Waals surface area contributed by atoms with E-state index >= 15 is 0 Å². The molecule has 1 amide bonds. The highest BCUT2D eigenvalue weighted by Gasteiger charge is 2.27. The van der Waals surface area contributed by atoms with E-state index in [1.165, 1.54) is 6.07 Å². The van der Waals surface area contributed by atoms with Crippen LogP contribution in [0.5, 0.6) is 17.2 Å². The predicted octanol–water partition coefficient (Wildman–Crippen LogP) is 5.20. The van der Waals surface area contributed by atoms with E-state index in [0.29, 0.717) is 56.6 Å². The summed E-state index contributed by atoms with van der Waals surface area (Å²) < 4.78 is 25.1. The van der Waals surface area contributed by atoms with Crippen LogP contribution in [0.3, 0.4) is 0 Å². The molecule has 3 aromatic carbocycles. The lowest BCUT2D eigenvalue weighted by molar-refractivity contribution is -0.385. The molecule has 1 fully saturated rings. The van der Waals surface area contributed by atoms with Crippen molar-refractivity contribution in [1.82, 2.24) is 30.0 Å². The highest BCUT2D eigenvalue weighted by molar-refractivity contribution is 5.92. The number of fused-ring (bicyclic) bond motifs is 1. The molecule has 1 saturated heterocycles. The molecule has 2 aliphatic heterocycles. The number of ether oxygens (including phenoxy) is 3. The second kappa shape index (κ2) is 14.6. The number of carbonyl (C=O) groups excluding carboxylic acids is 1. The van der Waals surface area contributed by atoms with Crippen molar-refractivity contribution in [3.05, 3.63) is 123 Å². The smallest absolute Gasteiger partial charge is 0.310 e. The number of benzene rings is 3. The zero-order valence-electron chi connectivity index (χ0n) is 26.7. The first kappa shape index (κ1) is 31.8. The molecule has 0 radical (unpaired) electrons. The molecule has 49 heavy (non-hydrogen) atoms. The molecule has 2 aliphatic rings. The third-order valence-corrected chi connectivity index (χ3v) is 8.55. The fourth-order valence-electron chi connectivity index (χ4n) is 6.08. The first-order chi connectivity index (χ1) is 24.0. The Morgan fingerprint density at radius 1 is 1.00 bits per heavy atom. The van der Waals surface area contributed by atoms with Crippen LogP contribution in [0.15, 0.2) is 89.6 Å². The van der Waals surface area contributed by atoms with E-state index < -0.39 is 4.92 Å². The number of nitrogens with zero attached hydrogens (tertiary/aromatic N) is 7. The summed E-state index contributed by atoms with van der Waals surface area (Å²) in [5.41, 5.74) is 2.67. The summed E-state index contributed by atoms with van der Waals surface area (Å²) in [7, 11) is 0. The number of likely N-dealkylation sites (tertiary alicyclic amines) is 1. The quantitative estimate of drug-likeness (QED) is 0.135. The van der Waals surface area contributed by atoms with Gasteiger partial charge in [-0.3, -0.25) is 19.8 Å². The minimum absolute atomic E-state index is 0.0636. The fraction of sp³-hybridized carbons (Fsp3) is 0.314. The number of hydrogen-bond acceptors (Lipinski definition) is 11. The van der Waals surface area contributed by atoms with Crippen molar-refractivity contribution in [1.29, 1.82) is 0 Å². The van der Waals surface area contributed by atoms with Gasteiger partial charge in [-0.2, -0.15) is 0 Å². The van der Waals surface area contributed by atoms with Crippen molar-refractivity contribution in [2.45, 2.75) is 45.2 Å². The maximum atomic E-state index is 13.5. The lowest BCUT2D eigenvalue weighted by atomic mass is 10.1. The van der Waals surface area contributed by atoms with E-state index in [1.54, 1.807) is 29.2 Å². The van der Waals surface area contributed by atoms with Gasteiger partial charge < -0.3 is 23.6 Å². The molecule has 0 spiro atoms. The van der Waals surface area contributed by atoms with E-state index in [1.807, 2.05) is 59.4 Å². The van der Waals surface area contributed by atoms with Crippen LogP contribution in [-0.4, -0.2) is 67.0 Å². The lowest BCUT2D eigenvalue weighted by Gasteiger charge is -2.31. The number of hydrogen-bond donors (Lipinski definition) is 0. The van der Waals surface area contributed by atoms with Gasteiger partial charge in [-0.25, -0.2) is 4.68 Å². The third-order valence-electron chi connectivity index (χ3n) is 8.55. The van der Waals surface area contributed by atoms with Crippen molar-refractivity contribution in [2.75, 3.05) is 26.2 Å². The van der Waals surface area contributed by atoms with Crippen LogP contribution in [0.25, 0.3) is 0 Å². The average Bonchev–Trinajstić information content (AvgIpc) is 3.75. The van der Waals surface area contributed by atoms with Crippen LogP contribution in [0.4, 0.5) is 5.69 Å². The Kier molecular flexibility index (Phi) is 9.46. The van der Waals surface area contributed by atoms with E-state index in [4.69, 9.17) is 18.7 Å². The summed E-state index contributed by atoms with van der Waals surface area (Å²) in [5.74, 6) is 2.00. The Morgan fingerprint density at radius 3 is 2.73 bits per heavy atom. The lowest BCUT2D eigenvalue weighted by Crippen LogP contribution is -2.36. The van der Waals surface area contributed by atoms with Gasteiger partial charge in [0.25, 0.3) is 5.91 Å². The van der Waals surface area contributed by atoms with Gasteiger partial charge in [-0.1, -0.05) is 52.8 Å². The predicted molar refractivity (Wildman–Crippen MR) is 175 cm³/mol. The largest absolute Gasteiger partial charge is 0.491 e. The first-order valence-corrected chi connectivity index (χ1v) is 16.1. The monoisotopic (exact) mass is 665 g/mol. The van der Waals surface area contributed by atoms with E-state index in [2.05, 4.69) is 20.4 Å². The molecule has 0 saturated carbocycles. The van der Waals surface area contributed by atoms with Crippen molar-refractivity contribution in [2.24, 2.45) is 0 Å². The van der Waals surface area contributed by atoms with Crippen LogP contribution in [0, 0.1) is 10.1 Å². The van der Waals surface area contributed by atoms with E-state index in [0.717, 1.165) is 36.3 Å². The second-order valence-electron chi connectivity index (χ2n) is 12.0. The second-order valence-corrected chi connectivity index (χ2v) is 12.0. The Balaban J connectivity index is 0.937. The van der Waals surface area contributed by atoms with Gasteiger partial charge in [-0.15, -0.1) is 5.10 Å². The van der Waals surface area contributed by atoms with Crippen LogP contribution in [-0.2, 0) is 26.3 Å². The SMILES string of the molecule is O=C(c1cc(CN2CCCC(n3cc(COc4ccccc4[N+](=O)[O-])nn3)C2)on1)N1CCOc2ccc(OCc3ccccc3)cc2C1. The zero-order valence-corrected chi connectivity index (χ0v) is 26.7. The molecule has 7 rings (SSSR count). The molecule has 1 atom stereocenters. The number of amides is 1. The molecule has 252 valence electrons. The van der Waals surface area contributed by atoms with E-state index in [9.17, 15) is 14.9 Å². The minimum atomic E-state index is -0.474. The number of nitro groups is 1. The molecule has 2 aromatic heterocycles. The van der Waals surface area contributed by atoms with Gasteiger partial charge in [-0.05, 0) is 49.2 Å². The summed E-state index contributed by atoms with van der Waals surface area (Å²) >= 11 is 0. The molecule has 0 bridgehead atoms. The Morgan fingerprint density at radius 2 is 1.86 bits per heavy atom. The molecule has 14 heteroatoms. The van der Waals surface area contributed by atoms with Crippen molar-refractivity contribution in [3.8, 4) is 17.2 Å². The maximum absolute atomic E-state index is 13.5. The molecule has 1 unspecified atom stereocenters. The third kappa shape index (κ3) is 7.70. The topological polar surface area (TPSA) is 151 Å². The highest BCUT2D eigenvalue weighted by atomic mass is 16.6. The highest BCUT2D eigenvalue weighted by Crippen LogP contribution is 2.30. The normalized spacial score (nSPS) is 16.3. The maximum Gasteiger partial charge on any atom is 0.310 e. The van der Waals surface area contributed by atoms with Gasteiger partial charge in [0.15, 0.2) is 17.2 Å². The molecular formula is C35H35N7O7. The minimum Gasteiger partial charge on any atom is -0.491 e. The van der Waals surface area contributed by atoms with Crippen LogP contribution in [0.2, 0.25) is 0 Å². The zero-order chi connectivity index (χ0) is 33.6. The summed E-state index contributed by atoms with van der Waals surface area (Å²) in [5, 5.41) is 23.9. The van der Waals surface area contributed by atoms with Crippen molar-refractivity contribution >= 4 is 11.6 Å². The summed E-state index contributed by atoms with van der Waals surface area (Å²) in [6.07, 6.45) is 3.67. The molecule has 0 N–H and O–H groups in total. The van der Waals surface area contributed by atoms with E-state index in [-0.39, 0.29) is 35.7 Å². The van der Waals surface area contributed by atoms with Crippen LogP contribution in [0.1, 0.15) is 52.0 Å². The molecule has 5 aromatic rings.